The van der Waals surface area contributed by atoms with E-state index >= 15 is 0 Å². The summed E-state index contributed by atoms with van der Waals surface area (Å²) in [6.07, 6.45) is 1.41. The lowest BCUT2D eigenvalue weighted by Gasteiger charge is -2.32. The molecule has 1 saturated heterocycles. The van der Waals surface area contributed by atoms with Crippen LogP contribution in [0.2, 0.25) is 0 Å². The number of benzene rings is 1. The highest BCUT2D eigenvalue weighted by atomic mass is 32.1. The Bertz CT molecular complexity index is 958. The molecule has 166 valence electrons. The number of methoxy groups -OCH3 is 2. The molecule has 1 aliphatic rings. The molecule has 3 amide bonds. The molecule has 1 aromatic heterocycles. The summed E-state index contributed by atoms with van der Waals surface area (Å²) in [4.78, 5) is 42.3. The van der Waals surface area contributed by atoms with Gasteiger partial charge in [0.15, 0.2) is 11.5 Å². The highest BCUT2D eigenvalue weighted by Crippen LogP contribution is 2.34. The fourth-order valence-electron chi connectivity index (χ4n) is 3.57. The maximum absolute atomic E-state index is 13.1. The first-order valence-corrected chi connectivity index (χ1v) is 10.8. The Kier molecular flexibility index (Phi) is 7.17. The summed E-state index contributed by atoms with van der Waals surface area (Å²) >= 11 is 1.39. The summed E-state index contributed by atoms with van der Waals surface area (Å²) < 4.78 is 10.6. The first-order valence-electron chi connectivity index (χ1n) is 9.97. The van der Waals surface area contributed by atoms with Crippen molar-refractivity contribution in [3.63, 3.8) is 0 Å². The molecule has 0 bridgehead atoms. The summed E-state index contributed by atoms with van der Waals surface area (Å²) in [5.41, 5.74) is 0.654. The molecular formula is C22H27N3O5S. The Labute approximate surface area is 185 Å². The van der Waals surface area contributed by atoms with E-state index in [1.165, 1.54) is 30.5 Å². The molecule has 1 N–H and O–H groups in total. The molecule has 1 atom stereocenters. The van der Waals surface area contributed by atoms with Gasteiger partial charge in [0.2, 0.25) is 5.91 Å². The van der Waals surface area contributed by atoms with Crippen molar-refractivity contribution in [2.24, 2.45) is 5.92 Å². The van der Waals surface area contributed by atoms with Crippen LogP contribution in [0.15, 0.2) is 29.6 Å². The largest absolute Gasteiger partial charge is 0.493 e. The number of carbonyl (C=O) groups excluding carboxylic acids is 3. The van der Waals surface area contributed by atoms with Gasteiger partial charge >= 0.3 is 0 Å². The van der Waals surface area contributed by atoms with Crippen LogP contribution < -0.4 is 14.8 Å². The van der Waals surface area contributed by atoms with E-state index in [2.05, 4.69) is 5.32 Å². The highest BCUT2D eigenvalue weighted by Gasteiger charge is 2.30. The molecule has 0 aliphatic carbocycles. The molecule has 1 aliphatic heterocycles. The third-order valence-electron chi connectivity index (χ3n) is 5.23. The van der Waals surface area contributed by atoms with Gasteiger partial charge in [-0.15, -0.1) is 11.3 Å². The predicted octanol–water partition coefficient (Wildman–Crippen LogP) is 2.96. The van der Waals surface area contributed by atoms with Crippen molar-refractivity contribution in [3.8, 4) is 11.5 Å². The van der Waals surface area contributed by atoms with Crippen LogP contribution in [0.25, 0.3) is 0 Å². The molecule has 3 rings (SSSR count). The standard InChI is InChI=1S/C22H27N3O5S/c1-24(2)21(27)15-11-17(29-3)18(30-4)12-16(15)23-20(26)14-7-5-9-25(13-14)22(28)19-8-6-10-31-19/h6,8,10-12,14H,5,7,9,13H2,1-4H3,(H,23,26). The maximum atomic E-state index is 13.1. The number of anilines is 1. The Morgan fingerprint density at radius 2 is 1.87 bits per heavy atom. The first-order chi connectivity index (χ1) is 14.8. The minimum Gasteiger partial charge on any atom is -0.493 e. The van der Waals surface area contributed by atoms with Gasteiger partial charge in [0.25, 0.3) is 11.8 Å². The minimum absolute atomic E-state index is 0.0536. The summed E-state index contributed by atoms with van der Waals surface area (Å²) in [7, 11) is 6.26. The van der Waals surface area contributed by atoms with Crippen LogP contribution >= 0.6 is 11.3 Å². The number of nitrogens with zero attached hydrogens (tertiary/aromatic N) is 2. The van der Waals surface area contributed by atoms with Crippen LogP contribution in [0.5, 0.6) is 11.5 Å². The SMILES string of the molecule is COc1cc(NC(=O)C2CCCN(C(=O)c3cccs3)C2)c(C(=O)N(C)C)cc1OC. The molecule has 0 spiro atoms. The van der Waals surface area contributed by atoms with Crippen LogP contribution in [-0.2, 0) is 4.79 Å². The summed E-state index contributed by atoms with van der Waals surface area (Å²) in [6, 6.07) is 6.78. The lowest BCUT2D eigenvalue weighted by Crippen LogP contribution is -2.43. The van der Waals surface area contributed by atoms with Gasteiger partial charge in [-0.05, 0) is 30.4 Å². The monoisotopic (exact) mass is 445 g/mol. The Hall–Kier alpha value is -3.07. The number of carbonyl (C=O) groups is 3. The van der Waals surface area contributed by atoms with Gasteiger partial charge in [-0.25, -0.2) is 0 Å². The van der Waals surface area contributed by atoms with E-state index in [1.54, 1.807) is 37.2 Å². The van der Waals surface area contributed by atoms with Crippen molar-refractivity contribution in [1.29, 1.82) is 0 Å². The van der Waals surface area contributed by atoms with Crippen molar-refractivity contribution < 1.29 is 23.9 Å². The first kappa shape index (κ1) is 22.6. The molecule has 1 fully saturated rings. The van der Waals surface area contributed by atoms with Gasteiger partial charge in [0.1, 0.15) is 0 Å². The number of hydrogen-bond donors (Lipinski definition) is 1. The van der Waals surface area contributed by atoms with Crippen LogP contribution in [-0.4, -0.2) is 68.9 Å². The molecule has 8 nitrogen and oxygen atoms in total. The fraction of sp³-hybridized carbons (Fsp3) is 0.409. The second-order valence-corrected chi connectivity index (χ2v) is 8.46. The molecule has 0 saturated carbocycles. The van der Waals surface area contributed by atoms with Crippen molar-refractivity contribution in [2.75, 3.05) is 46.7 Å². The van der Waals surface area contributed by atoms with Crippen LogP contribution in [0, 0.1) is 5.92 Å². The lowest BCUT2D eigenvalue weighted by molar-refractivity contribution is -0.121. The maximum Gasteiger partial charge on any atom is 0.263 e. The number of amides is 3. The third kappa shape index (κ3) is 4.99. The van der Waals surface area contributed by atoms with Gasteiger partial charge in [-0.3, -0.25) is 14.4 Å². The molecular weight excluding hydrogens is 418 g/mol. The van der Waals surface area contributed by atoms with Gasteiger partial charge < -0.3 is 24.6 Å². The molecule has 2 aromatic rings. The van der Waals surface area contributed by atoms with Crippen LogP contribution in [0.1, 0.15) is 32.9 Å². The van der Waals surface area contributed by atoms with Crippen LogP contribution in [0.4, 0.5) is 5.69 Å². The molecule has 2 heterocycles. The quantitative estimate of drug-likeness (QED) is 0.739. The topological polar surface area (TPSA) is 88.2 Å². The second kappa shape index (κ2) is 9.82. The van der Waals surface area contributed by atoms with E-state index in [1.807, 2.05) is 11.4 Å². The van der Waals surface area contributed by atoms with Crippen molar-refractivity contribution in [1.82, 2.24) is 9.80 Å². The Morgan fingerprint density at radius 3 is 2.48 bits per heavy atom. The zero-order valence-corrected chi connectivity index (χ0v) is 19.0. The number of thiophene rings is 1. The normalized spacial score (nSPS) is 15.9. The molecule has 1 unspecified atom stereocenters. The Balaban J connectivity index is 1.81. The highest BCUT2D eigenvalue weighted by molar-refractivity contribution is 7.12. The van der Waals surface area contributed by atoms with E-state index in [0.29, 0.717) is 47.1 Å². The van der Waals surface area contributed by atoms with E-state index in [0.717, 1.165) is 6.42 Å². The van der Waals surface area contributed by atoms with Crippen molar-refractivity contribution in [2.45, 2.75) is 12.8 Å². The molecule has 1 aromatic carbocycles. The number of likely N-dealkylation sites (tertiary alicyclic amines) is 1. The third-order valence-corrected chi connectivity index (χ3v) is 6.09. The van der Waals surface area contributed by atoms with E-state index in [-0.39, 0.29) is 23.6 Å². The number of piperidine rings is 1. The van der Waals surface area contributed by atoms with E-state index in [4.69, 9.17) is 9.47 Å². The molecule has 0 radical (unpaired) electrons. The van der Waals surface area contributed by atoms with Crippen molar-refractivity contribution >= 4 is 34.7 Å². The zero-order chi connectivity index (χ0) is 22.5. The van der Waals surface area contributed by atoms with E-state index in [9.17, 15) is 14.4 Å². The van der Waals surface area contributed by atoms with Gasteiger partial charge in [0, 0.05) is 33.3 Å². The predicted molar refractivity (Wildman–Crippen MR) is 119 cm³/mol. The number of ether oxygens (including phenoxy) is 2. The van der Waals surface area contributed by atoms with E-state index < -0.39 is 0 Å². The average Bonchev–Trinajstić information content (AvgIpc) is 3.32. The molecule has 31 heavy (non-hydrogen) atoms. The zero-order valence-electron chi connectivity index (χ0n) is 18.1. The summed E-state index contributed by atoms with van der Waals surface area (Å²) in [5, 5.41) is 4.74. The summed E-state index contributed by atoms with van der Waals surface area (Å²) in [6.45, 7) is 0.966. The minimum atomic E-state index is -0.368. The number of nitrogens with one attached hydrogen (secondary N) is 1. The molecule has 9 heteroatoms. The van der Waals surface area contributed by atoms with Gasteiger partial charge in [-0.1, -0.05) is 6.07 Å². The smallest absolute Gasteiger partial charge is 0.263 e. The van der Waals surface area contributed by atoms with Gasteiger partial charge in [-0.2, -0.15) is 0 Å². The lowest BCUT2D eigenvalue weighted by atomic mass is 9.96. The Morgan fingerprint density at radius 1 is 1.16 bits per heavy atom. The number of rotatable bonds is 6. The van der Waals surface area contributed by atoms with Crippen molar-refractivity contribution in [3.05, 3.63) is 40.1 Å². The summed E-state index contributed by atoms with van der Waals surface area (Å²) in [5.74, 6) is -0.115. The van der Waals surface area contributed by atoms with Crippen LogP contribution in [0.3, 0.4) is 0 Å². The fourth-order valence-corrected chi connectivity index (χ4v) is 4.26. The second-order valence-electron chi connectivity index (χ2n) is 7.51. The van der Waals surface area contributed by atoms with Gasteiger partial charge in [0.05, 0.1) is 36.3 Å². The average molecular weight is 446 g/mol. The number of hydrogen-bond acceptors (Lipinski definition) is 6.